The van der Waals surface area contributed by atoms with Crippen LogP contribution in [-0.4, -0.2) is 33.9 Å². The number of hydrogen-bond donors (Lipinski definition) is 3. The van der Waals surface area contributed by atoms with Crippen LogP contribution < -0.4 is 5.32 Å². The molecule has 0 aliphatic carbocycles. The number of nitrogens with one attached hydrogen (secondary N) is 1. The lowest BCUT2D eigenvalue weighted by Gasteiger charge is -2.41. The molecule has 3 N–H and O–H groups in total. The van der Waals surface area contributed by atoms with Gasteiger partial charge in [-0.15, -0.1) is 11.8 Å². The smallest absolute Gasteiger partial charge is 0.335 e. The predicted molar refractivity (Wildman–Crippen MR) is 187 cm³/mol. The quantitative estimate of drug-likeness (QED) is 0.123. The molecule has 1 aliphatic rings. The molecular formula is C40H37NO6S. The Morgan fingerprint density at radius 2 is 1.42 bits per heavy atom. The number of carboxylic acid groups (broad SMARTS) is 1. The van der Waals surface area contributed by atoms with E-state index < -0.39 is 12.3 Å². The third-order valence-corrected chi connectivity index (χ3v) is 9.73. The third-order valence-electron chi connectivity index (χ3n) is 8.63. The zero-order valence-corrected chi connectivity index (χ0v) is 27.3. The lowest BCUT2D eigenvalue weighted by Crippen LogP contribution is -2.38. The van der Waals surface area contributed by atoms with Crippen LogP contribution in [0.5, 0.6) is 0 Å². The molecule has 1 aliphatic heterocycles. The topological polar surface area (TPSA) is 105 Å². The van der Waals surface area contributed by atoms with Gasteiger partial charge in [0.25, 0.3) is 5.91 Å². The molecule has 1 fully saturated rings. The Labute approximate surface area is 284 Å². The van der Waals surface area contributed by atoms with Gasteiger partial charge in [0.2, 0.25) is 0 Å². The SMILES string of the molecule is CC1C(CSc2ccc(C(=O)O)cc2)OC(c2ccc(-c3ccccc3CNC(=O)c3ccccc3)cc2)OC1c1ccc(CO)cc1. The number of carbonyl (C=O) groups is 2. The van der Waals surface area contributed by atoms with Crippen molar-refractivity contribution in [2.45, 2.75) is 43.5 Å². The fourth-order valence-corrected chi connectivity index (χ4v) is 6.89. The standard InChI is InChI=1S/C40H37NO6S/c1-26-36(25-48-34-21-19-31(20-22-34)39(44)45)46-40(47-37(26)29-13-11-27(24-42)12-14-29)32-17-15-28(16-18-32)35-10-6-5-9-33(35)23-41-38(43)30-7-3-2-4-8-30/h2-22,26,36-37,40,42H,23-25H2,1H3,(H,41,43)(H,44,45). The van der Waals surface area contributed by atoms with Crippen LogP contribution in [0.3, 0.4) is 0 Å². The lowest BCUT2D eigenvalue weighted by molar-refractivity contribution is -0.268. The van der Waals surface area contributed by atoms with Gasteiger partial charge >= 0.3 is 5.97 Å². The van der Waals surface area contributed by atoms with Crippen molar-refractivity contribution >= 4 is 23.6 Å². The van der Waals surface area contributed by atoms with Gasteiger partial charge in [-0.25, -0.2) is 4.79 Å². The second-order valence-corrected chi connectivity index (χ2v) is 12.9. The Bertz CT molecular complexity index is 1830. The molecule has 5 aromatic rings. The van der Waals surface area contributed by atoms with Gasteiger partial charge in [-0.3, -0.25) is 4.79 Å². The highest BCUT2D eigenvalue weighted by Crippen LogP contribution is 2.43. The summed E-state index contributed by atoms with van der Waals surface area (Å²) >= 11 is 1.62. The number of rotatable bonds is 11. The molecule has 48 heavy (non-hydrogen) atoms. The molecule has 1 heterocycles. The summed E-state index contributed by atoms with van der Waals surface area (Å²) in [5.41, 5.74) is 6.66. The molecule has 244 valence electrons. The molecule has 0 aromatic heterocycles. The van der Waals surface area contributed by atoms with E-state index in [2.05, 4.69) is 30.4 Å². The van der Waals surface area contributed by atoms with Crippen LogP contribution in [0.2, 0.25) is 0 Å². The molecule has 0 spiro atoms. The number of thioether (sulfide) groups is 1. The molecule has 4 unspecified atom stereocenters. The highest BCUT2D eigenvalue weighted by Gasteiger charge is 2.38. The van der Waals surface area contributed by atoms with Crippen LogP contribution in [0.15, 0.2) is 132 Å². The van der Waals surface area contributed by atoms with Gasteiger partial charge in [0.05, 0.1) is 24.4 Å². The average molecular weight is 660 g/mol. The second-order valence-electron chi connectivity index (χ2n) is 11.8. The van der Waals surface area contributed by atoms with Crippen molar-refractivity contribution in [1.29, 1.82) is 0 Å². The van der Waals surface area contributed by atoms with E-state index in [0.29, 0.717) is 17.9 Å². The fraction of sp³-hybridized carbons (Fsp3) is 0.200. The summed E-state index contributed by atoms with van der Waals surface area (Å²) in [5.74, 6) is -0.398. The zero-order valence-electron chi connectivity index (χ0n) is 26.5. The highest BCUT2D eigenvalue weighted by molar-refractivity contribution is 7.99. The highest BCUT2D eigenvalue weighted by atomic mass is 32.2. The van der Waals surface area contributed by atoms with Crippen LogP contribution in [0, 0.1) is 5.92 Å². The molecule has 5 aromatic carbocycles. The van der Waals surface area contributed by atoms with Crippen molar-refractivity contribution in [1.82, 2.24) is 5.32 Å². The molecule has 1 amide bonds. The number of aromatic carboxylic acids is 1. The Morgan fingerprint density at radius 1 is 0.750 bits per heavy atom. The van der Waals surface area contributed by atoms with E-state index in [1.54, 1.807) is 36.0 Å². The Morgan fingerprint density at radius 3 is 2.10 bits per heavy atom. The van der Waals surface area contributed by atoms with Gasteiger partial charge in [-0.2, -0.15) is 0 Å². The van der Waals surface area contributed by atoms with Crippen molar-refractivity contribution in [3.63, 3.8) is 0 Å². The molecule has 0 saturated carbocycles. The minimum Gasteiger partial charge on any atom is -0.478 e. The first-order chi connectivity index (χ1) is 23.4. The van der Waals surface area contributed by atoms with Gasteiger partial charge in [-0.1, -0.05) is 97.9 Å². The summed E-state index contributed by atoms with van der Waals surface area (Å²) in [5, 5.41) is 21.9. The lowest BCUT2D eigenvalue weighted by atomic mass is 9.91. The van der Waals surface area contributed by atoms with Crippen molar-refractivity contribution in [3.05, 3.63) is 161 Å². The summed E-state index contributed by atoms with van der Waals surface area (Å²) in [6, 6.07) is 40.1. The van der Waals surface area contributed by atoms with E-state index in [1.165, 1.54) is 0 Å². The molecule has 6 rings (SSSR count). The van der Waals surface area contributed by atoms with E-state index >= 15 is 0 Å². The summed E-state index contributed by atoms with van der Waals surface area (Å²) in [6.45, 7) is 2.49. The second kappa shape index (κ2) is 15.4. The molecule has 0 radical (unpaired) electrons. The number of benzene rings is 5. The third kappa shape index (κ3) is 7.86. The van der Waals surface area contributed by atoms with E-state index in [9.17, 15) is 19.8 Å². The van der Waals surface area contributed by atoms with Gasteiger partial charge in [0, 0.05) is 34.2 Å². The van der Waals surface area contributed by atoms with Gasteiger partial charge in [-0.05, 0) is 64.2 Å². The first kappa shape index (κ1) is 33.2. The van der Waals surface area contributed by atoms with Gasteiger partial charge in [0.15, 0.2) is 6.29 Å². The number of aliphatic hydroxyl groups excluding tert-OH is 1. The van der Waals surface area contributed by atoms with Gasteiger partial charge < -0.3 is 25.0 Å². The Hall–Kier alpha value is -4.73. The first-order valence-corrected chi connectivity index (χ1v) is 16.9. The van der Waals surface area contributed by atoms with Crippen LogP contribution >= 0.6 is 11.8 Å². The van der Waals surface area contributed by atoms with Gasteiger partial charge in [0.1, 0.15) is 0 Å². The maximum atomic E-state index is 12.7. The number of aliphatic hydroxyl groups is 1. The predicted octanol–water partition coefficient (Wildman–Crippen LogP) is 8.06. The maximum absolute atomic E-state index is 12.7. The van der Waals surface area contributed by atoms with Crippen LogP contribution in [0.4, 0.5) is 0 Å². The van der Waals surface area contributed by atoms with E-state index in [1.807, 2.05) is 84.9 Å². The molecular weight excluding hydrogens is 623 g/mol. The fourth-order valence-electron chi connectivity index (χ4n) is 5.82. The van der Waals surface area contributed by atoms with E-state index in [0.717, 1.165) is 38.3 Å². The van der Waals surface area contributed by atoms with Crippen LogP contribution in [-0.2, 0) is 22.6 Å². The molecule has 0 bridgehead atoms. The molecule has 7 nitrogen and oxygen atoms in total. The zero-order chi connectivity index (χ0) is 33.5. The monoisotopic (exact) mass is 659 g/mol. The number of hydrogen-bond acceptors (Lipinski definition) is 6. The molecule has 8 heteroatoms. The van der Waals surface area contributed by atoms with Crippen molar-refractivity contribution in [2.75, 3.05) is 5.75 Å². The maximum Gasteiger partial charge on any atom is 0.335 e. The minimum absolute atomic E-state index is 0.0178. The average Bonchev–Trinajstić information content (AvgIpc) is 3.14. The summed E-state index contributed by atoms with van der Waals surface area (Å²) in [6.07, 6.45) is -1.02. The van der Waals surface area contributed by atoms with Crippen molar-refractivity contribution in [3.8, 4) is 11.1 Å². The minimum atomic E-state index is -0.949. The Balaban J connectivity index is 1.20. The van der Waals surface area contributed by atoms with Crippen LogP contribution in [0.1, 0.15) is 62.3 Å². The first-order valence-electron chi connectivity index (χ1n) is 15.9. The summed E-state index contributed by atoms with van der Waals surface area (Å²) in [7, 11) is 0. The Kier molecular flexibility index (Phi) is 10.7. The molecule has 4 atom stereocenters. The van der Waals surface area contributed by atoms with Crippen molar-refractivity contribution in [2.24, 2.45) is 5.92 Å². The summed E-state index contributed by atoms with van der Waals surface area (Å²) in [4.78, 5) is 24.9. The molecule has 1 saturated heterocycles. The van der Waals surface area contributed by atoms with Crippen LogP contribution in [0.25, 0.3) is 11.1 Å². The summed E-state index contributed by atoms with van der Waals surface area (Å²) < 4.78 is 13.3. The number of carboxylic acids is 1. The number of amides is 1. The van der Waals surface area contributed by atoms with E-state index in [-0.39, 0.29) is 36.2 Å². The number of ether oxygens (including phenoxy) is 2. The van der Waals surface area contributed by atoms with E-state index in [4.69, 9.17) is 9.47 Å². The normalized spacial score (nSPS) is 19.0. The number of carbonyl (C=O) groups excluding carboxylic acids is 1. The van der Waals surface area contributed by atoms with Crippen molar-refractivity contribution < 1.29 is 29.3 Å². The largest absolute Gasteiger partial charge is 0.478 e.